The van der Waals surface area contributed by atoms with E-state index < -0.39 is 6.09 Å². The van der Waals surface area contributed by atoms with Crippen LogP contribution in [0.25, 0.3) is 0 Å². The van der Waals surface area contributed by atoms with Gasteiger partial charge in [0.25, 0.3) is 0 Å². The fourth-order valence-corrected chi connectivity index (χ4v) is 0.892. The van der Waals surface area contributed by atoms with Crippen molar-refractivity contribution in [3.05, 3.63) is 29.8 Å². The van der Waals surface area contributed by atoms with Gasteiger partial charge in [0.15, 0.2) is 0 Å². The molecule has 0 aromatic heterocycles. The zero-order chi connectivity index (χ0) is 11.0. The van der Waals surface area contributed by atoms with Crippen LogP contribution in [0.3, 0.4) is 0 Å². The van der Waals surface area contributed by atoms with Crippen molar-refractivity contribution in [2.45, 2.75) is 20.8 Å². The molecule has 0 fully saturated rings. The van der Waals surface area contributed by atoms with Gasteiger partial charge < -0.3 is 4.74 Å². The second kappa shape index (κ2) is 6.95. The molecule has 1 amide bonds. The number of anilines is 1. The fraction of sp³-hybridized carbons (Fsp3) is 0.364. The van der Waals surface area contributed by atoms with Crippen molar-refractivity contribution < 1.29 is 9.53 Å². The van der Waals surface area contributed by atoms with E-state index in [1.54, 1.807) is 0 Å². The third kappa shape index (κ3) is 4.50. The Kier molecular flexibility index (Phi) is 6.20. The summed E-state index contributed by atoms with van der Waals surface area (Å²) in [6, 6.07) is 7.52. The number of methoxy groups -OCH3 is 1. The Hall–Kier alpha value is -1.51. The van der Waals surface area contributed by atoms with Crippen LogP contribution in [0.2, 0.25) is 0 Å². The summed E-state index contributed by atoms with van der Waals surface area (Å²) in [5, 5.41) is 2.57. The van der Waals surface area contributed by atoms with Gasteiger partial charge in [0.1, 0.15) is 0 Å². The maximum absolute atomic E-state index is 10.8. The molecule has 0 atom stereocenters. The van der Waals surface area contributed by atoms with Gasteiger partial charge in [0, 0.05) is 5.69 Å². The van der Waals surface area contributed by atoms with Crippen LogP contribution in [-0.4, -0.2) is 13.2 Å². The highest BCUT2D eigenvalue weighted by Crippen LogP contribution is 2.09. The van der Waals surface area contributed by atoms with Crippen molar-refractivity contribution in [2.24, 2.45) is 0 Å². The van der Waals surface area contributed by atoms with Crippen LogP contribution < -0.4 is 5.32 Å². The lowest BCUT2D eigenvalue weighted by molar-refractivity contribution is 0.187. The molecule has 1 aromatic rings. The lowest BCUT2D eigenvalue weighted by atomic mass is 10.2. The molecular weight excluding hydrogens is 178 g/mol. The zero-order valence-electron chi connectivity index (χ0n) is 9.13. The van der Waals surface area contributed by atoms with Crippen molar-refractivity contribution in [2.75, 3.05) is 12.4 Å². The molecular formula is C11H17NO2. The lowest BCUT2D eigenvalue weighted by Crippen LogP contribution is -2.10. The average molecular weight is 195 g/mol. The minimum Gasteiger partial charge on any atom is -0.453 e. The molecule has 1 aromatic carbocycles. The Morgan fingerprint density at radius 2 is 2.00 bits per heavy atom. The molecule has 0 aliphatic rings. The van der Waals surface area contributed by atoms with E-state index in [-0.39, 0.29) is 0 Å². The first-order valence-corrected chi connectivity index (χ1v) is 4.64. The van der Waals surface area contributed by atoms with Crippen LogP contribution in [0.4, 0.5) is 10.5 Å². The first kappa shape index (κ1) is 12.5. The fourth-order valence-electron chi connectivity index (χ4n) is 0.892. The van der Waals surface area contributed by atoms with Crippen LogP contribution in [-0.2, 0) is 4.74 Å². The highest BCUT2D eigenvalue weighted by Gasteiger charge is 1.98. The maximum Gasteiger partial charge on any atom is 0.411 e. The van der Waals surface area contributed by atoms with Crippen LogP contribution in [0.15, 0.2) is 24.3 Å². The number of carbonyl (C=O) groups is 1. The number of nitrogens with one attached hydrogen (secondary N) is 1. The molecule has 0 saturated heterocycles. The molecule has 0 aliphatic carbocycles. The Labute approximate surface area is 85.1 Å². The topological polar surface area (TPSA) is 38.3 Å². The van der Waals surface area contributed by atoms with Gasteiger partial charge in [-0.1, -0.05) is 26.0 Å². The molecule has 3 heteroatoms. The summed E-state index contributed by atoms with van der Waals surface area (Å²) in [7, 11) is 1.34. The second-order valence-electron chi connectivity index (χ2n) is 2.49. The minimum absolute atomic E-state index is 0.444. The molecule has 1 N–H and O–H groups in total. The van der Waals surface area contributed by atoms with E-state index in [4.69, 9.17) is 0 Å². The van der Waals surface area contributed by atoms with Crippen LogP contribution in [0, 0.1) is 6.92 Å². The number of benzene rings is 1. The van der Waals surface area contributed by atoms with E-state index in [2.05, 4.69) is 10.1 Å². The molecule has 0 unspecified atom stereocenters. The van der Waals surface area contributed by atoms with E-state index in [0.717, 1.165) is 11.3 Å². The number of hydrogen-bond acceptors (Lipinski definition) is 2. The van der Waals surface area contributed by atoms with Gasteiger partial charge in [-0.25, -0.2) is 4.79 Å². The molecule has 78 valence electrons. The number of ether oxygens (including phenoxy) is 1. The first-order chi connectivity index (χ1) is 6.72. The van der Waals surface area contributed by atoms with Crippen molar-refractivity contribution in [1.82, 2.24) is 0 Å². The molecule has 0 radical (unpaired) electrons. The monoisotopic (exact) mass is 195 g/mol. The van der Waals surface area contributed by atoms with E-state index in [1.807, 2.05) is 45.0 Å². The van der Waals surface area contributed by atoms with Crippen molar-refractivity contribution in [1.29, 1.82) is 0 Å². The predicted molar refractivity (Wildman–Crippen MR) is 58.6 cm³/mol. The number of rotatable bonds is 1. The summed E-state index contributed by atoms with van der Waals surface area (Å²) in [6.45, 7) is 5.96. The van der Waals surface area contributed by atoms with Gasteiger partial charge in [-0.3, -0.25) is 5.32 Å². The highest BCUT2D eigenvalue weighted by atomic mass is 16.5. The molecule has 0 spiro atoms. The van der Waals surface area contributed by atoms with Crippen LogP contribution in [0.1, 0.15) is 19.4 Å². The Bertz CT molecular complexity index is 284. The smallest absolute Gasteiger partial charge is 0.411 e. The molecule has 1 rings (SSSR count). The summed E-state index contributed by atoms with van der Waals surface area (Å²) < 4.78 is 4.44. The van der Waals surface area contributed by atoms with Gasteiger partial charge in [0.2, 0.25) is 0 Å². The summed E-state index contributed by atoms with van der Waals surface area (Å²) >= 11 is 0. The molecule has 3 nitrogen and oxygen atoms in total. The average Bonchev–Trinajstić information content (AvgIpc) is 2.21. The lowest BCUT2D eigenvalue weighted by Gasteiger charge is -2.03. The van der Waals surface area contributed by atoms with E-state index >= 15 is 0 Å². The third-order valence-electron chi connectivity index (χ3n) is 1.45. The SMILES string of the molecule is CC.COC(=O)Nc1cccc(C)c1. The highest BCUT2D eigenvalue weighted by molar-refractivity contribution is 5.84. The van der Waals surface area contributed by atoms with Crippen LogP contribution >= 0.6 is 0 Å². The van der Waals surface area contributed by atoms with Crippen molar-refractivity contribution in [3.8, 4) is 0 Å². The summed E-state index contributed by atoms with van der Waals surface area (Å²) in [4.78, 5) is 10.8. The first-order valence-electron chi connectivity index (χ1n) is 4.64. The largest absolute Gasteiger partial charge is 0.453 e. The van der Waals surface area contributed by atoms with E-state index in [1.165, 1.54) is 7.11 Å². The van der Waals surface area contributed by atoms with E-state index in [9.17, 15) is 4.79 Å². The number of amides is 1. The molecule has 0 heterocycles. The summed E-state index contributed by atoms with van der Waals surface area (Å²) in [6.07, 6.45) is -0.444. The van der Waals surface area contributed by atoms with Gasteiger partial charge in [-0.15, -0.1) is 0 Å². The molecule has 0 bridgehead atoms. The summed E-state index contributed by atoms with van der Waals surface area (Å²) in [5.41, 5.74) is 1.85. The Balaban J connectivity index is 0.000000791. The molecule has 0 aliphatic heterocycles. The number of hydrogen-bond donors (Lipinski definition) is 1. The normalized spacial score (nSPS) is 8.29. The van der Waals surface area contributed by atoms with Crippen molar-refractivity contribution in [3.63, 3.8) is 0 Å². The standard InChI is InChI=1S/C9H11NO2.C2H6/c1-7-4-3-5-8(6-7)10-9(11)12-2;1-2/h3-6H,1-2H3,(H,10,11);1-2H3. The van der Waals surface area contributed by atoms with Gasteiger partial charge in [-0.05, 0) is 24.6 Å². The Morgan fingerprint density at radius 3 is 2.50 bits per heavy atom. The Morgan fingerprint density at radius 1 is 1.36 bits per heavy atom. The molecule has 14 heavy (non-hydrogen) atoms. The van der Waals surface area contributed by atoms with E-state index in [0.29, 0.717) is 0 Å². The molecule has 0 saturated carbocycles. The van der Waals surface area contributed by atoms with Gasteiger partial charge >= 0.3 is 6.09 Å². The van der Waals surface area contributed by atoms with Crippen molar-refractivity contribution >= 4 is 11.8 Å². The van der Waals surface area contributed by atoms with Gasteiger partial charge in [-0.2, -0.15) is 0 Å². The summed E-state index contributed by atoms with van der Waals surface area (Å²) in [5.74, 6) is 0. The maximum atomic E-state index is 10.8. The quantitative estimate of drug-likeness (QED) is 0.747. The van der Waals surface area contributed by atoms with Gasteiger partial charge in [0.05, 0.1) is 7.11 Å². The zero-order valence-corrected chi connectivity index (χ0v) is 9.13. The predicted octanol–water partition coefficient (Wildman–Crippen LogP) is 3.20. The number of carbonyl (C=O) groups excluding carboxylic acids is 1. The van der Waals surface area contributed by atoms with Crippen LogP contribution in [0.5, 0.6) is 0 Å². The third-order valence-corrected chi connectivity index (χ3v) is 1.45. The number of aryl methyl sites for hydroxylation is 1. The second-order valence-corrected chi connectivity index (χ2v) is 2.49. The minimum atomic E-state index is -0.444.